The number of ether oxygens (including phenoxy) is 4. The molecule has 0 saturated carbocycles. The number of hydrogen-bond donors (Lipinski definition) is 1. The van der Waals surface area contributed by atoms with Crippen LogP contribution in [0.3, 0.4) is 0 Å². The van der Waals surface area contributed by atoms with Gasteiger partial charge in [-0.15, -0.1) is 0 Å². The van der Waals surface area contributed by atoms with E-state index in [9.17, 15) is 4.79 Å². The van der Waals surface area contributed by atoms with Gasteiger partial charge in [-0.1, -0.05) is 12.1 Å². The Morgan fingerprint density at radius 3 is 2.30 bits per heavy atom. The third kappa shape index (κ3) is 3.48. The Morgan fingerprint density at radius 1 is 1.04 bits per heavy atom. The van der Waals surface area contributed by atoms with Gasteiger partial charge in [0.05, 0.1) is 27.9 Å². The van der Waals surface area contributed by atoms with Gasteiger partial charge in [-0.3, -0.25) is 0 Å². The standard InChI is InChI=1S/C20H21NO6/c1-5-26-20(22)19-17(13-8-6-7-9-14(13)27-19)21-12-10-15(23-2)18(25-4)16(11-12)24-3/h6-11,21H,5H2,1-4H3. The average Bonchev–Trinajstić information content (AvgIpc) is 3.06. The van der Waals surface area contributed by atoms with E-state index in [0.717, 1.165) is 5.39 Å². The predicted molar refractivity (Wildman–Crippen MR) is 102 cm³/mol. The zero-order valence-corrected chi connectivity index (χ0v) is 15.6. The van der Waals surface area contributed by atoms with Crippen molar-refractivity contribution in [1.82, 2.24) is 0 Å². The molecule has 3 rings (SSSR count). The molecule has 0 atom stereocenters. The molecule has 2 aromatic carbocycles. The van der Waals surface area contributed by atoms with Gasteiger partial charge in [-0.05, 0) is 19.1 Å². The van der Waals surface area contributed by atoms with E-state index in [0.29, 0.717) is 34.2 Å². The summed E-state index contributed by atoms with van der Waals surface area (Å²) in [7, 11) is 4.62. The van der Waals surface area contributed by atoms with Crippen LogP contribution < -0.4 is 19.5 Å². The summed E-state index contributed by atoms with van der Waals surface area (Å²) in [5.74, 6) is 1.03. The number of methoxy groups -OCH3 is 3. The molecule has 0 unspecified atom stereocenters. The molecule has 1 N–H and O–H groups in total. The zero-order valence-electron chi connectivity index (χ0n) is 15.6. The van der Waals surface area contributed by atoms with Crippen LogP contribution in [0, 0.1) is 0 Å². The Hall–Kier alpha value is -3.35. The van der Waals surface area contributed by atoms with E-state index in [1.165, 1.54) is 7.11 Å². The largest absolute Gasteiger partial charge is 0.493 e. The Balaban J connectivity index is 2.11. The lowest BCUT2D eigenvalue weighted by molar-refractivity contribution is 0.0494. The highest BCUT2D eigenvalue weighted by Gasteiger charge is 2.23. The number of furan rings is 1. The summed E-state index contributed by atoms with van der Waals surface area (Å²) in [5, 5.41) is 3.98. The molecule has 27 heavy (non-hydrogen) atoms. The van der Waals surface area contributed by atoms with E-state index < -0.39 is 5.97 Å². The predicted octanol–water partition coefficient (Wildman–Crippen LogP) is 4.38. The lowest BCUT2D eigenvalue weighted by Gasteiger charge is -2.15. The second kappa shape index (κ2) is 7.90. The minimum Gasteiger partial charge on any atom is -0.493 e. The fraction of sp³-hybridized carbons (Fsp3) is 0.250. The number of rotatable bonds is 7. The maximum absolute atomic E-state index is 12.3. The highest BCUT2D eigenvalue weighted by molar-refractivity contribution is 6.05. The Kier molecular flexibility index (Phi) is 5.40. The average molecular weight is 371 g/mol. The molecule has 0 aliphatic heterocycles. The number of fused-ring (bicyclic) bond motifs is 1. The van der Waals surface area contributed by atoms with Crippen LogP contribution in [0.5, 0.6) is 17.2 Å². The minimum absolute atomic E-state index is 0.104. The molecule has 1 aromatic heterocycles. The van der Waals surface area contributed by atoms with Crippen LogP contribution in [0.25, 0.3) is 11.0 Å². The maximum Gasteiger partial charge on any atom is 0.376 e. The second-order valence-corrected chi connectivity index (χ2v) is 5.56. The summed E-state index contributed by atoms with van der Waals surface area (Å²) >= 11 is 0. The summed E-state index contributed by atoms with van der Waals surface area (Å²) in [4.78, 5) is 12.3. The first kappa shape index (κ1) is 18.4. The maximum atomic E-state index is 12.3. The van der Waals surface area contributed by atoms with Crippen molar-refractivity contribution >= 4 is 28.3 Å². The Morgan fingerprint density at radius 2 is 1.70 bits per heavy atom. The van der Waals surface area contributed by atoms with Gasteiger partial charge in [0, 0.05) is 23.2 Å². The number of anilines is 2. The van der Waals surface area contributed by atoms with Crippen molar-refractivity contribution in [2.45, 2.75) is 6.92 Å². The van der Waals surface area contributed by atoms with E-state index in [2.05, 4.69) is 5.32 Å². The molecule has 0 radical (unpaired) electrons. The Bertz CT molecular complexity index is 937. The van der Waals surface area contributed by atoms with Crippen molar-refractivity contribution in [2.75, 3.05) is 33.3 Å². The number of benzene rings is 2. The zero-order chi connectivity index (χ0) is 19.4. The third-order valence-electron chi connectivity index (χ3n) is 3.99. The number of carbonyl (C=O) groups is 1. The molecular weight excluding hydrogens is 350 g/mol. The normalized spacial score (nSPS) is 10.5. The second-order valence-electron chi connectivity index (χ2n) is 5.56. The van der Waals surface area contributed by atoms with Crippen LogP contribution in [0.1, 0.15) is 17.5 Å². The van der Waals surface area contributed by atoms with Gasteiger partial charge >= 0.3 is 5.97 Å². The summed E-state index contributed by atoms with van der Waals surface area (Å²) in [6.07, 6.45) is 0. The van der Waals surface area contributed by atoms with Crippen LogP contribution in [-0.4, -0.2) is 33.9 Å². The first-order valence-corrected chi connectivity index (χ1v) is 8.38. The van der Waals surface area contributed by atoms with Crippen LogP contribution >= 0.6 is 0 Å². The number of carbonyl (C=O) groups excluding carboxylic acids is 1. The van der Waals surface area contributed by atoms with Gasteiger partial charge in [0.15, 0.2) is 11.5 Å². The Labute approximate surface area is 156 Å². The van der Waals surface area contributed by atoms with Gasteiger partial charge in [-0.2, -0.15) is 0 Å². The molecular formula is C20H21NO6. The third-order valence-corrected chi connectivity index (χ3v) is 3.99. The molecule has 0 amide bonds. The lowest BCUT2D eigenvalue weighted by atomic mass is 10.2. The molecule has 0 aliphatic rings. The molecule has 1 heterocycles. The molecule has 142 valence electrons. The molecule has 0 fully saturated rings. The summed E-state index contributed by atoms with van der Waals surface area (Å²) in [5.41, 5.74) is 1.73. The molecule has 7 nitrogen and oxygen atoms in total. The fourth-order valence-corrected chi connectivity index (χ4v) is 2.81. The van der Waals surface area contributed by atoms with Crippen LogP contribution in [-0.2, 0) is 4.74 Å². The first-order chi connectivity index (χ1) is 13.1. The van der Waals surface area contributed by atoms with E-state index in [1.54, 1.807) is 39.3 Å². The molecule has 0 aliphatic carbocycles. The van der Waals surface area contributed by atoms with Gasteiger partial charge in [0.25, 0.3) is 0 Å². The van der Waals surface area contributed by atoms with Crippen molar-refractivity contribution in [3.63, 3.8) is 0 Å². The van der Waals surface area contributed by atoms with Crippen molar-refractivity contribution < 1.29 is 28.2 Å². The van der Waals surface area contributed by atoms with Gasteiger partial charge in [0.1, 0.15) is 11.3 Å². The fourth-order valence-electron chi connectivity index (χ4n) is 2.81. The lowest BCUT2D eigenvalue weighted by Crippen LogP contribution is -2.06. The van der Waals surface area contributed by atoms with Crippen molar-refractivity contribution in [1.29, 1.82) is 0 Å². The number of nitrogens with one attached hydrogen (secondary N) is 1. The molecule has 0 saturated heterocycles. The van der Waals surface area contributed by atoms with Crippen LogP contribution in [0.4, 0.5) is 11.4 Å². The van der Waals surface area contributed by atoms with Gasteiger partial charge in [0.2, 0.25) is 11.5 Å². The molecule has 3 aromatic rings. The van der Waals surface area contributed by atoms with Crippen LogP contribution in [0.2, 0.25) is 0 Å². The van der Waals surface area contributed by atoms with Gasteiger partial charge < -0.3 is 28.7 Å². The highest BCUT2D eigenvalue weighted by Crippen LogP contribution is 2.42. The van der Waals surface area contributed by atoms with E-state index >= 15 is 0 Å². The molecule has 0 spiro atoms. The quantitative estimate of drug-likeness (QED) is 0.617. The topological polar surface area (TPSA) is 79.2 Å². The first-order valence-electron chi connectivity index (χ1n) is 8.38. The van der Waals surface area contributed by atoms with Crippen LogP contribution in [0.15, 0.2) is 40.8 Å². The minimum atomic E-state index is -0.538. The molecule has 7 heteroatoms. The monoisotopic (exact) mass is 371 g/mol. The number of esters is 1. The van der Waals surface area contributed by atoms with E-state index in [-0.39, 0.29) is 12.4 Å². The molecule has 0 bridgehead atoms. The number of hydrogen-bond acceptors (Lipinski definition) is 7. The summed E-state index contributed by atoms with van der Waals surface area (Å²) in [6, 6.07) is 10.9. The SMILES string of the molecule is CCOC(=O)c1oc2ccccc2c1Nc1cc(OC)c(OC)c(OC)c1. The number of para-hydroxylation sites is 1. The van der Waals surface area contributed by atoms with Crippen molar-refractivity contribution in [2.24, 2.45) is 0 Å². The smallest absolute Gasteiger partial charge is 0.376 e. The van der Waals surface area contributed by atoms with Gasteiger partial charge in [-0.25, -0.2) is 4.79 Å². The van der Waals surface area contributed by atoms with E-state index in [1.807, 2.05) is 18.2 Å². The van der Waals surface area contributed by atoms with Crippen molar-refractivity contribution in [3.8, 4) is 17.2 Å². The summed E-state index contributed by atoms with van der Waals surface area (Å²) < 4.78 is 26.9. The van der Waals surface area contributed by atoms with Crippen molar-refractivity contribution in [3.05, 3.63) is 42.2 Å². The van der Waals surface area contributed by atoms with E-state index in [4.69, 9.17) is 23.4 Å². The summed E-state index contributed by atoms with van der Waals surface area (Å²) in [6.45, 7) is 1.99. The highest BCUT2D eigenvalue weighted by atomic mass is 16.5.